The van der Waals surface area contributed by atoms with Crippen LogP contribution in [-0.4, -0.2) is 77.1 Å². The second-order valence-corrected chi connectivity index (χ2v) is 5.66. The van der Waals surface area contributed by atoms with E-state index in [-0.39, 0.29) is 11.6 Å². The Hall–Kier alpha value is -0.850. The number of aliphatic imine (C=N–C) groups is 1. The summed E-state index contributed by atoms with van der Waals surface area (Å²) in [5, 5.41) is 6.76. The number of nitrogens with zero attached hydrogens (tertiary/aromatic N) is 2. The normalized spacial score (nSPS) is 20.8. The summed E-state index contributed by atoms with van der Waals surface area (Å²) in [5.74, 6) is 0.822. The molecule has 0 aromatic heterocycles. The summed E-state index contributed by atoms with van der Waals surface area (Å²) in [5.41, 5.74) is 0.139. The first kappa shape index (κ1) is 17.2. The van der Waals surface area contributed by atoms with Crippen molar-refractivity contribution in [3.8, 4) is 0 Å². The van der Waals surface area contributed by atoms with E-state index < -0.39 is 0 Å². The van der Waals surface area contributed by atoms with Crippen LogP contribution in [0.2, 0.25) is 0 Å². The van der Waals surface area contributed by atoms with Crippen LogP contribution in [0.15, 0.2) is 4.99 Å². The highest BCUT2D eigenvalue weighted by Gasteiger charge is 2.34. The molecule has 0 radical (unpaired) electrons. The van der Waals surface area contributed by atoms with Gasteiger partial charge in [0.2, 0.25) is 0 Å². The van der Waals surface area contributed by atoms with Gasteiger partial charge in [0.1, 0.15) is 0 Å². The zero-order valence-corrected chi connectivity index (χ0v) is 13.5. The number of likely N-dealkylation sites (N-methyl/N-ethyl adjacent to an activating group) is 1. The van der Waals surface area contributed by atoms with Crippen LogP contribution >= 0.6 is 0 Å². The summed E-state index contributed by atoms with van der Waals surface area (Å²) in [6, 6.07) is 0.233. The number of hydrogen-bond donors (Lipinski definition) is 2. The molecule has 1 rings (SSSR count). The average Bonchev–Trinajstić information content (AvgIpc) is 2.44. The van der Waals surface area contributed by atoms with Gasteiger partial charge in [-0.3, -0.25) is 4.99 Å². The molecule has 118 valence electrons. The largest absolute Gasteiger partial charge is 0.383 e. The van der Waals surface area contributed by atoms with Crippen LogP contribution in [0.3, 0.4) is 0 Å². The Morgan fingerprint density at radius 2 is 2.05 bits per heavy atom. The first-order valence-electron chi connectivity index (χ1n) is 7.25. The van der Waals surface area contributed by atoms with Gasteiger partial charge in [-0.15, -0.1) is 0 Å². The van der Waals surface area contributed by atoms with Crippen LogP contribution in [0, 0.1) is 0 Å². The maximum Gasteiger partial charge on any atom is 0.191 e. The van der Waals surface area contributed by atoms with E-state index in [0.717, 1.165) is 38.6 Å². The highest BCUT2D eigenvalue weighted by Crippen LogP contribution is 2.24. The highest BCUT2D eigenvalue weighted by atomic mass is 16.5. The van der Waals surface area contributed by atoms with E-state index in [2.05, 4.69) is 41.5 Å². The molecule has 1 unspecified atom stereocenters. The summed E-state index contributed by atoms with van der Waals surface area (Å²) >= 11 is 0. The minimum absolute atomic E-state index is 0.139. The van der Waals surface area contributed by atoms with Crippen LogP contribution in [0.4, 0.5) is 0 Å². The Balaban J connectivity index is 2.52. The molecule has 1 aliphatic rings. The van der Waals surface area contributed by atoms with Crippen molar-refractivity contribution in [3.05, 3.63) is 0 Å². The van der Waals surface area contributed by atoms with E-state index in [1.807, 2.05) is 0 Å². The van der Waals surface area contributed by atoms with Crippen molar-refractivity contribution < 1.29 is 9.47 Å². The van der Waals surface area contributed by atoms with E-state index in [1.165, 1.54) is 0 Å². The number of methoxy groups -OCH3 is 1. The second-order valence-electron chi connectivity index (χ2n) is 5.66. The summed E-state index contributed by atoms with van der Waals surface area (Å²) in [6.45, 7) is 5.25. The van der Waals surface area contributed by atoms with Gasteiger partial charge >= 0.3 is 0 Å². The molecule has 0 aromatic rings. The van der Waals surface area contributed by atoms with Crippen molar-refractivity contribution in [1.82, 2.24) is 15.5 Å². The number of ether oxygens (including phenoxy) is 2. The molecule has 2 N–H and O–H groups in total. The van der Waals surface area contributed by atoms with E-state index in [4.69, 9.17) is 9.47 Å². The van der Waals surface area contributed by atoms with Gasteiger partial charge in [-0.25, -0.2) is 0 Å². The van der Waals surface area contributed by atoms with Gasteiger partial charge < -0.3 is 25.0 Å². The molecule has 0 saturated carbocycles. The van der Waals surface area contributed by atoms with Crippen molar-refractivity contribution in [2.24, 2.45) is 4.99 Å². The third kappa shape index (κ3) is 4.92. The minimum Gasteiger partial charge on any atom is -0.383 e. The van der Waals surface area contributed by atoms with Crippen molar-refractivity contribution in [3.63, 3.8) is 0 Å². The topological polar surface area (TPSA) is 58.1 Å². The van der Waals surface area contributed by atoms with Crippen LogP contribution in [-0.2, 0) is 9.47 Å². The molecule has 0 spiro atoms. The quantitative estimate of drug-likeness (QED) is 0.543. The van der Waals surface area contributed by atoms with E-state index in [0.29, 0.717) is 6.61 Å². The van der Waals surface area contributed by atoms with Gasteiger partial charge in [0, 0.05) is 45.5 Å². The first-order chi connectivity index (χ1) is 9.54. The fraction of sp³-hybridized carbons (Fsp3) is 0.929. The van der Waals surface area contributed by atoms with E-state index in [9.17, 15) is 0 Å². The molecule has 0 amide bonds. The number of nitrogens with one attached hydrogen (secondary N) is 2. The molecule has 1 heterocycles. The van der Waals surface area contributed by atoms with Gasteiger partial charge in [-0.2, -0.15) is 0 Å². The molecular formula is C14H30N4O2. The second kappa shape index (κ2) is 8.44. The number of rotatable bonds is 6. The molecule has 0 bridgehead atoms. The number of hydrogen-bond acceptors (Lipinski definition) is 4. The Morgan fingerprint density at radius 3 is 2.55 bits per heavy atom. The molecule has 20 heavy (non-hydrogen) atoms. The third-order valence-corrected chi connectivity index (χ3v) is 3.98. The van der Waals surface area contributed by atoms with Gasteiger partial charge in [-0.1, -0.05) is 0 Å². The van der Waals surface area contributed by atoms with Crippen molar-refractivity contribution in [2.45, 2.75) is 31.3 Å². The molecule has 6 nitrogen and oxygen atoms in total. The van der Waals surface area contributed by atoms with Gasteiger partial charge in [0.15, 0.2) is 5.96 Å². The van der Waals surface area contributed by atoms with Crippen molar-refractivity contribution in [1.29, 1.82) is 0 Å². The van der Waals surface area contributed by atoms with Crippen LogP contribution < -0.4 is 10.6 Å². The first-order valence-corrected chi connectivity index (χ1v) is 7.25. The van der Waals surface area contributed by atoms with Crippen LogP contribution in [0.1, 0.15) is 19.8 Å². The Labute approximate surface area is 122 Å². The highest BCUT2D eigenvalue weighted by molar-refractivity contribution is 5.80. The van der Waals surface area contributed by atoms with Gasteiger partial charge in [0.25, 0.3) is 0 Å². The summed E-state index contributed by atoms with van der Waals surface area (Å²) in [4.78, 5) is 6.57. The maximum atomic E-state index is 5.49. The summed E-state index contributed by atoms with van der Waals surface area (Å²) < 4.78 is 10.6. The van der Waals surface area contributed by atoms with Crippen LogP contribution in [0.5, 0.6) is 0 Å². The molecule has 1 aliphatic heterocycles. The molecule has 0 aromatic carbocycles. The predicted octanol–water partition coefficient (Wildman–Crippen LogP) is 0.297. The lowest BCUT2D eigenvalue weighted by atomic mass is 9.88. The Kier molecular flexibility index (Phi) is 7.26. The van der Waals surface area contributed by atoms with Crippen molar-refractivity contribution >= 4 is 5.96 Å². The smallest absolute Gasteiger partial charge is 0.191 e. The molecule has 1 atom stereocenters. The Bertz CT molecular complexity index is 302. The SMILES string of the molecule is CN=C(NCC1(N(C)C)CCOCC1)NC(C)COC. The molecular weight excluding hydrogens is 256 g/mol. The monoisotopic (exact) mass is 286 g/mol. The lowest BCUT2D eigenvalue weighted by Gasteiger charge is -2.43. The molecule has 0 aliphatic carbocycles. The van der Waals surface area contributed by atoms with E-state index in [1.54, 1.807) is 14.2 Å². The lowest BCUT2D eigenvalue weighted by Crippen LogP contribution is -2.57. The average molecular weight is 286 g/mol. The standard InChI is InChI=1S/C14H30N4O2/c1-12(10-19-5)17-13(15-2)16-11-14(18(3)4)6-8-20-9-7-14/h12H,6-11H2,1-5H3,(H2,15,16,17). The Morgan fingerprint density at radius 1 is 1.40 bits per heavy atom. The van der Waals surface area contributed by atoms with Crippen LogP contribution in [0.25, 0.3) is 0 Å². The van der Waals surface area contributed by atoms with Crippen molar-refractivity contribution in [2.75, 3.05) is 54.6 Å². The zero-order valence-electron chi connectivity index (χ0n) is 13.5. The summed E-state index contributed by atoms with van der Waals surface area (Å²) in [7, 11) is 7.77. The van der Waals surface area contributed by atoms with Gasteiger partial charge in [-0.05, 0) is 33.9 Å². The number of guanidine groups is 1. The molecule has 1 saturated heterocycles. The van der Waals surface area contributed by atoms with E-state index >= 15 is 0 Å². The zero-order chi connectivity index (χ0) is 15.0. The van der Waals surface area contributed by atoms with Gasteiger partial charge in [0.05, 0.1) is 6.61 Å². The maximum absolute atomic E-state index is 5.49. The minimum atomic E-state index is 0.139. The fourth-order valence-electron chi connectivity index (χ4n) is 2.50. The summed E-state index contributed by atoms with van der Waals surface area (Å²) in [6.07, 6.45) is 2.08. The third-order valence-electron chi connectivity index (χ3n) is 3.98. The predicted molar refractivity (Wildman–Crippen MR) is 82.3 cm³/mol. The molecule has 1 fully saturated rings. The fourth-order valence-corrected chi connectivity index (χ4v) is 2.50. The lowest BCUT2D eigenvalue weighted by molar-refractivity contribution is -0.00504. The molecule has 6 heteroatoms.